The Morgan fingerprint density at radius 2 is 1.74 bits per heavy atom. The highest BCUT2D eigenvalue weighted by Crippen LogP contribution is 2.35. The number of aliphatic hydroxyl groups is 1. The van der Waals surface area contributed by atoms with E-state index in [4.69, 9.17) is 0 Å². The molecule has 2 aromatic rings. The second kappa shape index (κ2) is 4.97. The van der Waals surface area contributed by atoms with Crippen molar-refractivity contribution in [3.63, 3.8) is 0 Å². The molecule has 1 aliphatic rings. The third-order valence-electron chi connectivity index (χ3n) is 4.60. The molecule has 1 heteroatoms. The van der Waals surface area contributed by atoms with Crippen LogP contribution >= 0.6 is 0 Å². The molecule has 0 aromatic heterocycles. The van der Waals surface area contributed by atoms with Crippen molar-refractivity contribution in [2.75, 3.05) is 0 Å². The zero-order chi connectivity index (χ0) is 13.3. The lowest BCUT2D eigenvalue weighted by Crippen LogP contribution is -2.35. The molecular weight excluding hydrogens is 232 g/mol. The predicted octanol–water partition coefficient (Wildman–Crippen LogP) is 4.32. The zero-order valence-corrected chi connectivity index (χ0v) is 11.6. The number of benzene rings is 2. The summed E-state index contributed by atoms with van der Waals surface area (Å²) in [5.74, 6) is 0.771. The van der Waals surface area contributed by atoms with Gasteiger partial charge in [-0.15, -0.1) is 0 Å². The Morgan fingerprint density at radius 1 is 1.05 bits per heavy atom. The maximum absolute atomic E-state index is 10.8. The molecule has 0 saturated heterocycles. The average Bonchev–Trinajstić information content (AvgIpc) is 2.43. The summed E-state index contributed by atoms with van der Waals surface area (Å²) in [6, 6.07) is 14.9. The molecule has 0 aliphatic heterocycles. The van der Waals surface area contributed by atoms with Gasteiger partial charge in [0.1, 0.15) is 0 Å². The molecule has 1 fully saturated rings. The first-order chi connectivity index (χ1) is 9.16. The van der Waals surface area contributed by atoms with Crippen LogP contribution in [0, 0.1) is 5.92 Å². The van der Waals surface area contributed by atoms with Crippen LogP contribution < -0.4 is 0 Å². The van der Waals surface area contributed by atoms with Gasteiger partial charge in [0.15, 0.2) is 0 Å². The van der Waals surface area contributed by atoms with Crippen molar-refractivity contribution in [1.29, 1.82) is 0 Å². The van der Waals surface area contributed by atoms with Gasteiger partial charge in [-0.05, 0) is 47.9 Å². The molecule has 0 unspecified atom stereocenters. The first-order valence-corrected chi connectivity index (χ1v) is 7.35. The van der Waals surface area contributed by atoms with Crippen LogP contribution in [-0.2, 0) is 6.42 Å². The SMILES string of the molecule is CC1CCC(O)(Cc2cccc3ccccc23)CC1. The van der Waals surface area contributed by atoms with Gasteiger partial charge in [-0.1, -0.05) is 49.4 Å². The molecule has 0 radical (unpaired) electrons. The van der Waals surface area contributed by atoms with Gasteiger partial charge in [-0.2, -0.15) is 0 Å². The van der Waals surface area contributed by atoms with E-state index in [1.54, 1.807) is 0 Å². The Bertz CT molecular complexity index is 559. The number of hydrogen-bond acceptors (Lipinski definition) is 1. The van der Waals surface area contributed by atoms with Crippen molar-refractivity contribution in [1.82, 2.24) is 0 Å². The summed E-state index contributed by atoms with van der Waals surface area (Å²) in [4.78, 5) is 0. The number of rotatable bonds is 2. The Hall–Kier alpha value is -1.34. The molecule has 100 valence electrons. The van der Waals surface area contributed by atoms with E-state index in [2.05, 4.69) is 49.4 Å². The topological polar surface area (TPSA) is 20.2 Å². The Kier molecular flexibility index (Phi) is 3.32. The van der Waals surface area contributed by atoms with Crippen LogP contribution in [0.15, 0.2) is 42.5 Å². The van der Waals surface area contributed by atoms with Crippen LogP contribution in [0.5, 0.6) is 0 Å². The quantitative estimate of drug-likeness (QED) is 0.846. The van der Waals surface area contributed by atoms with E-state index in [1.807, 2.05) is 0 Å². The normalized spacial score (nSPS) is 27.6. The molecule has 0 spiro atoms. The van der Waals surface area contributed by atoms with Crippen LogP contribution in [0.25, 0.3) is 10.8 Å². The van der Waals surface area contributed by atoms with Crippen LogP contribution in [0.4, 0.5) is 0 Å². The summed E-state index contributed by atoms with van der Waals surface area (Å²) in [5.41, 5.74) is 0.798. The summed E-state index contributed by atoms with van der Waals surface area (Å²) in [6.45, 7) is 2.29. The minimum Gasteiger partial charge on any atom is -0.390 e. The highest BCUT2D eigenvalue weighted by Gasteiger charge is 2.32. The minimum absolute atomic E-state index is 0.489. The van der Waals surface area contributed by atoms with Gasteiger partial charge >= 0.3 is 0 Å². The second-order valence-corrected chi connectivity index (χ2v) is 6.22. The largest absolute Gasteiger partial charge is 0.390 e. The van der Waals surface area contributed by atoms with Crippen molar-refractivity contribution in [2.24, 2.45) is 5.92 Å². The fraction of sp³-hybridized carbons (Fsp3) is 0.444. The van der Waals surface area contributed by atoms with E-state index in [1.165, 1.54) is 16.3 Å². The van der Waals surface area contributed by atoms with Crippen molar-refractivity contribution < 1.29 is 5.11 Å². The first-order valence-electron chi connectivity index (χ1n) is 7.35. The van der Waals surface area contributed by atoms with Crippen molar-refractivity contribution >= 4 is 10.8 Å². The fourth-order valence-corrected chi connectivity index (χ4v) is 3.28. The number of fused-ring (bicyclic) bond motifs is 1. The maximum Gasteiger partial charge on any atom is 0.0688 e. The molecule has 3 rings (SSSR count). The van der Waals surface area contributed by atoms with E-state index in [9.17, 15) is 5.11 Å². The van der Waals surface area contributed by atoms with Gasteiger partial charge in [0, 0.05) is 6.42 Å². The molecule has 1 saturated carbocycles. The Balaban J connectivity index is 1.89. The minimum atomic E-state index is -0.489. The first kappa shape index (κ1) is 12.7. The molecule has 1 nitrogen and oxygen atoms in total. The van der Waals surface area contributed by atoms with E-state index in [0.29, 0.717) is 0 Å². The Morgan fingerprint density at radius 3 is 2.53 bits per heavy atom. The predicted molar refractivity (Wildman–Crippen MR) is 80.2 cm³/mol. The molecule has 0 amide bonds. The lowest BCUT2D eigenvalue weighted by atomic mass is 9.76. The highest BCUT2D eigenvalue weighted by molar-refractivity contribution is 5.85. The lowest BCUT2D eigenvalue weighted by Gasteiger charge is -2.35. The number of hydrogen-bond donors (Lipinski definition) is 1. The lowest BCUT2D eigenvalue weighted by molar-refractivity contribution is -0.00641. The summed E-state index contributed by atoms with van der Waals surface area (Å²) >= 11 is 0. The second-order valence-electron chi connectivity index (χ2n) is 6.22. The monoisotopic (exact) mass is 254 g/mol. The van der Waals surface area contributed by atoms with E-state index >= 15 is 0 Å². The molecule has 0 bridgehead atoms. The molecular formula is C18H22O. The standard InChI is InChI=1S/C18H22O/c1-14-9-11-18(19,12-10-14)13-16-7-4-6-15-5-2-3-8-17(15)16/h2-8,14,19H,9-13H2,1H3. The maximum atomic E-state index is 10.8. The summed E-state index contributed by atoms with van der Waals surface area (Å²) in [7, 11) is 0. The van der Waals surface area contributed by atoms with E-state index in [0.717, 1.165) is 38.0 Å². The highest BCUT2D eigenvalue weighted by atomic mass is 16.3. The van der Waals surface area contributed by atoms with Gasteiger partial charge in [0.2, 0.25) is 0 Å². The molecule has 0 heterocycles. The fourth-order valence-electron chi connectivity index (χ4n) is 3.28. The van der Waals surface area contributed by atoms with Crippen LogP contribution in [-0.4, -0.2) is 10.7 Å². The molecule has 0 atom stereocenters. The van der Waals surface area contributed by atoms with Crippen LogP contribution in [0.3, 0.4) is 0 Å². The molecule has 1 N–H and O–H groups in total. The van der Waals surface area contributed by atoms with E-state index < -0.39 is 5.60 Å². The van der Waals surface area contributed by atoms with Gasteiger partial charge in [0.25, 0.3) is 0 Å². The van der Waals surface area contributed by atoms with E-state index in [-0.39, 0.29) is 0 Å². The molecule has 2 aromatic carbocycles. The average molecular weight is 254 g/mol. The van der Waals surface area contributed by atoms with Crippen LogP contribution in [0.1, 0.15) is 38.2 Å². The third kappa shape index (κ3) is 2.66. The Labute approximate surface area is 115 Å². The van der Waals surface area contributed by atoms with Crippen molar-refractivity contribution in [3.05, 3.63) is 48.0 Å². The summed E-state index contributed by atoms with van der Waals surface area (Å²) in [6.07, 6.45) is 4.98. The summed E-state index contributed by atoms with van der Waals surface area (Å²) in [5, 5.41) is 13.4. The van der Waals surface area contributed by atoms with Gasteiger partial charge < -0.3 is 5.11 Å². The third-order valence-corrected chi connectivity index (χ3v) is 4.60. The zero-order valence-electron chi connectivity index (χ0n) is 11.6. The summed E-state index contributed by atoms with van der Waals surface area (Å²) < 4.78 is 0. The van der Waals surface area contributed by atoms with Gasteiger partial charge in [0.05, 0.1) is 5.60 Å². The van der Waals surface area contributed by atoms with Gasteiger partial charge in [-0.3, -0.25) is 0 Å². The van der Waals surface area contributed by atoms with Gasteiger partial charge in [-0.25, -0.2) is 0 Å². The molecule has 19 heavy (non-hydrogen) atoms. The smallest absolute Gasteiger partial charge is 0.0688 e. The van der Waals surface area contributed by atoms with Crippen molar-refractivity contribution in [2.45, 2.75) is 44.6 Å². The van der Waals surface area contributed by atoms with Crippen LogP contribution in [0.2, 0.25) is 0 Å². The van der Waals surface area contributed by atoms with Crippen molar-refractivity contribution in [3.8, 4) is 0 Å². The molecule has 1 aliphatic carbocycles.